The first-order valence-corrected chi connectivity index (χ1v) is 12.7. The number of rotatable bonds is 19. The normalized spacial score (nSPS) is 13.6. The molecule has 0 aliphatic heterocycles. The second-order valence-electron chi connectivity index (χ2n) is 8.96. The number of thiol groups is 1. The molecular formula is C22H36N6O11S. The van der Waals surface area contributed by atoms with Gasteiger partial charge in [0, 0.05) is 12.2 Å². The Bertz CT molecular complexity index is 962. The molecule has 0 rings (SSSR count). The zero-order valence-corrected chi connectivity index (χ0v) is 22.9. The van der Waals surface area contributed by atoms with Crippen LogP contribution in [0.25, 0.3) is 0 Å². The third kappa shape index (κ3) is 14.9. The van der Waals surface area contributed by atoms with Crippen LogP contribution in [0.1, 0.15) is 39.5 Å². The summed E-state index contributed by atoms with van der Waals surface area (Å²) in [5.74, 6) is -9.22. The van der Waals surface area contributed by atoms with Gasteiger partial charge in [0.05, 0.1) is 13.0 Å². The van der Waals surface area contributed by atoms with E-state index in [9.17, 15) is 38.4 Å². The van der Waals surface area contributed by atoms with Crippen molar-refractivity contribution < 1.29 is 53.7 Å². The van der Waals surface area contributed by atoms with Crippen molar-refractivity contribution in [2.45, 2.75) is 63.7 Å². The first kappa shape index (κ1) is 36.1. The van der Waals surface area contributed by atoms with Gasteiger partial charge < -0.3 is 47.6 Å². The van der Waals surface area contributed by atoms with E-state index in [4.69, 9.17) is 21.1 Å². The number of hydrogen-bond donors (Lipinski definition) is 10. The fourth-order valence-electron chi connectivity index (χ4n) is 3.17. The summed E-state index contributed by atoms with van der Waals surface area (Å²) in [5.41, 5.74) is 5.29. The molecule has 0 fully saturated rings. The molecule has 0 aromatic heterocycles. The Hall–Kier alpha value is -3.93. The fourth-order valence-corrected chi connectivity index (χ4v) is 3.43. The Balaban J connectivity index is 5.71. The minimum atomic E-state index is -1.70. The van der Waals surface area contributed by atoms with Crippen LogP contribution in [-0.4, -0.2) is 106 Å². The van der Waals surface area contributed by atoms with E-state index in [1.807, 2.05) is 5.32 Å². The Morgan fingerprint density at radius 3 is 1.70 bits per heavy atom. The molecule has 0 aliphatic rings. The zero-order chi connectivity index (χ0) is 31.0. The van der Waals surface area contributed by atoms with Gasteiger partial charge in [0.1, 0.15) is 30.7 Å². The summed E-state index contributed by atoms with van der Waals surface area (Å²) >= 11 is 3.97. The summed E-state index contributed by atoms with van der Waals surface area (Å²) in [6, 6.07) is -5.75. The summed E-state index contributed by atoms with van der Waals surface area (Å²) in [4.78, 5) is 95.4. The monoisotopic (exact) mass is 592 g/mol. The van der Waals surface area contributed by atoms with Crippen LogP contribution >= 0.6 is 12.6 Å². The second-order valence-corrected chi connectivity index (χ2v) is 9.33. The first-order chi connectivity index (χ1) is 18.6. The van der Waals surface area contributed by atoms with Gasteiger partial charge >= 0.3 is 17.9 Å². The summed E-state index contributed by atoms with van der Waals surface area (Å²) in [6.07, 6.45) is -1.69. The maximum atomic E-state index is 13.0. The molecule has 5 amide bonds. The van der Waals surface area contributed by atoms with Gasteiger partial charge in [-0.3, -0.25) is 38.4 Å². The lowest BCUT2D eigenvalue weighted by Crippen LogP contribution is -2.59. The number of nitrogens with two attached hydrogens (primary N) is 1. The van der Waals surface area contributed by atoms with Gasteiger partial charge in [-0.15, -0.1) is 0 Å². The first-order valence-electron chi connectivity index (χ1n) is 12.1. The molecule has 10 N–H and O–H groups in total. The Kier molecular flexibility index (Phi) is 16.6. The highest BCUT2D eigenvalue weighted by molar-refractivity contribution is 7.80. The van der Waals surface area contributed by atoms with E-state index in [0.29, 0.717) is 0 Å². The van der Waals surface area contributed by atoms with Gasteiger partial charge in [-0.2, -0.15) is 12.6 Å². The van der Waals surface area contributed by atoms with E-state index in [0.717, 1.165) is 0 Å². The molecule has 40 heavy (non-hydrogen) atoms. The van der Waals surface area contributed by atoms with Crippen LogP contribution in [0.4, 0.5) is 0 Å². The van der Waals surface area contributed by atoms with Crippen molar-refractivity contribution in [2.75, 3.05) is 18.8 Å². The maximum Gasteiger partial charge on any atom is 0.322 e. The number of carboxylic acid groups (broad SMARTS) is 3. The topological polar surface area (TPSA) is 283 Å². The Morgan fingerprint density at radius 1 is 0.700 bits per heavy atom. The van der Waals surface area contributed by atoms with Gasteiger partial charge in [-0.05, 0) is 18.8 Å². The summed E-state index contributed by atoms with van der Waals surface area (Å²) in [7, 11) is 0. The quantitative estimate of drug-likeness (QED) is 0.0651. The summed E-state index contributed by atoms with van der Waals surface area (Å²) in [6.45, 7) is 2.31. The van der Waals surface area contributed by atoms with Crippen molar-refractivity contribution in [1.82, 2.24) is 26.6 Å². The smallest absolute Gasteiger partial charge is 0.322 e. The van der Waals surface area contributed by atoms with Crippen LogP contribution in [0.5, 0.6) is 0 Å². The number of nitrogens with one attached hydrogen (secondary N) is 5. The van der Waals surface area contributed by atoms with E-state index in [2.05, 4.69) is 33.9 Å². The standard InChI is InChI=1S/C22H36N6O11S/c1-10(2)5-12(25-15(29)7-23)21(38)26-11(3-4-16(30)31)20(37)28-14(9-40)22(39)27-13(6-17(32)33)19(36)24-8-18(34)35/h10-14,40H,3-9,23H2,1-2H3,(H,24,36)(H,25,29)(H,26,38)(H,27,39)(H,28,37)(H,30,31)(H,32,33)(H,34,35). The predicted octanol–water partition coefficient (Wildman–Crippen LogP) is -3.60. The van der Waals surface area contributed by atoms with Gasteiger partial charge in [0.25, 0.3) is 0 Å². The molecule has 4 unspecified atom stereocenters. The Labute approximate surface area is 234 Å². The van der Waals surface area contributed by atoms with Gasteiger partial charge in [0.2, 0.25) is 29.5 Å². The fraction of sp³-hybridized carbons (Fsp3) is 0.636. The van der Waals surface area contributed by atoms with Crippen molar-refractivity contribution in [3.63, 3.8) is 0 Å². The van der Waals surface area contributed by atoms with Gasteiger partial charge in [0.15, 0.2) is 0 Å². The molecule has 0 spiro atoms. The van der Waals surface area contributed by atoms with Crippen LogP contribution in [0.15, 0.2) is 0 Å². The molecular weight excluding hydrogens is 556 g/mol. The van der Waals surface area contributed by atoms with Crippen LogP contribution in [0.2, 0.25) is 0 Å². The molecule has 226 valence electrons. The highest BCUT2D eigenvalue weighted by Gasteiger charge is 2.32. The van der Waals surface area contributed by atoms with E-state index in [-0.39, 0.29) is 18.1 Å². The van der Waals surface area contributed by atoms with Gasteiger partial charge in [-0.1, -0.05) is 13.8 Å². The molecule has 0 aliphatic carbocycles. The number of aliphatic carboxylic acids is 3. The molecule has 0 saturated heterocycles. The predicted molar refractivity (Wildman–Crippen MR) is 140 cm³/mol. The number of hydrogen-bond acceptors (Lipinski definition) is 10. The lowest BCUT2D eigenvalue weighted by Gasteiger charge is -2.26. The molecule has 0 aromatic rings. The van der Waals surface area contributed by atoms with E-state index < -0.39 is 104 Å². The van der Waals surface area contributed by atoms with Crippen molar-refractivity contribution in [3.8, 4) is 0 Å². The lowest BCUT2D eigenvalue weighted by molar-refractivity contribution is -0.142. The molecule has 0 heterocycles. The third-order valence-corrected chi connectivity index (χ3v) is 5.43. The highest BCUT2D eigenvalue weighted by atomic mass is 32.1. The van der Waals surface area contributed by atoms with Crippen LogP contribution in [0, 0.1) is 5.92 Å². The Morgan fingerprint density at radius 2 is 1.23 bits per heavy atom. The summed E-state index contributed by atoms with van der Waals surface area (Å²) in [5, 5.41) is 37.9. The van der Waals surface area contributed by atoms with Crippen LogP contribution < -0.4 is 32.3 Å². The van der Waals surface area contributed by atoms with Crippen molar-refractivity contribution >= 4 is 60.1 Å². The van der Waals surface area contributed by atoms with E-state index in [1.165, 1.54) is 0 Å². The van der Waals surface area contributed by atoms with Gasteiger partial charge in [-0.25, -0.2) is 0 Å². The summed E-state index contributed by atoms with van der Waals surface area (Å²) < 4.78 is 0. The average molecular weight is 593 g/mol. The highest BCUT2D eigenvalue weighted by Crippen LogP contribution is 2.07. The number of carbonyl (C=O) groups is 8. The van der Waals surface area contributed by atoms with Crippen molar-refractivity contribution in [1.29, 1.82) is 0 Å². The van der Waals surface area contributed by atoms with Crippen LogP contribution in [0.3, 0.4) is 0 Å². The number of amides is 5. The minimum absolute atomic E-state index is 0.0659. The number of carbonyl (C=O) groups excluding carboxylic acids is 5. The van der Waals surface area contributed by atoms with Crippen molar-refractivity contribution in [2.24, 2.45) is 11.7 Å². The number of carboxylic acids is 3. The molecule has 0 bridgehead atoms. The van der Waals surface area contributed by atoms with E-state index >= 15 is 0 Å². The zero-order valence-electron chi connectivity index (χ0n) is 22.0. The molecule has 18 heteroatoms. The van der Waals surface area contributed by atoms with Crippen molar-refractivity contribution in [3.05, 3.63) is 0 Å². The minimum Gasteiger partial charge on any atom is -0.481 e. The molecule has 0 aromatic carbocycles. The largest absolute Gasteiger partial charge is 0.481 e. The molecule has 0 radical (unpaired) electrons. The molecule has 17 nitrogen and oxygen atoms in total. The molecule has 4 atom stereocenters. The van der Waals surface area contributed by atoms with E-state index in [1.54, 1.807) is 13.8 Å². The third-order valence-electron chi connectivity index (χ3n) is 5.07. The average Bonchev–Trinajstić information content (AvgIpc) is 2.85. The molecule has 0 saturated carbocycles. The lowest BCUT2D eigenvalue weighted by atomic mass is 10.0. The SMILES string of the molecule is CC(C)CC(NC(=O)CN)C(=O)NC(CCC(=O)O)C(=O)NC(CS)C(=O)NC(CC(=O)O)C(=O)NCC(=O)O. The maximum absolute atomic E-state index is 13.0. The second kappa shape index (κ2) is 18.4. The van der Waals surface area contributed by atoms with Crippen LogP contribution in [-0.2, 0) is 38.4 Å².